The van der Waals surface area contributed by atoms with E-state index in [0.717, 1.165) is 11.3 Å². The van der Waals surface area contributed by atoms with Crippen molar-refractivity contribution >= 4 is 27.5 Å². The number of carbonyl (C=O) groups excluding carboxylic acids is 1. The van der Waals surface area contributed by atoms with Gasteiger partial charge in [-0.05, 0) is 59.6 Å². The Labute approximate surface area is 132 Å². The third kappa shape index (κ3) is 4.65. The maximum Gasteiger partial charge on any atom is 0.275 e. The number of amides is 1. The van der Waals surface area contributed by atoms with Crippen LogP contribution in [-0.4, -0.2) is 17.0 Å². The molecule has 0 aliphatic rings. The van der Waals surface area contributed by atoms with Crippen LogP contribution in [0.3, 0.4) is 0 Å². The summed E-state index contributed by atoms with van der Waals surface area (Å²) in [5.74, 6) is -0.246. The highest BCUT2D eigenvalue weighted by atomic mass is 79.9. The minimum Gasteiger partial charge on any atom is -0.374 e. The van der Waals surface area contributed by atoms with Gasteiger partial charge in [-0.2, -0.15) is 0 Å². The summed E-state index contributed by atoms with van der Waals surface area (Å²) in [4.78, 5) is 16.3. The van der Waals surface area contributed by atoms with Gasteiger partial charge in [-0.25, -0.2) is 4.98 Å². The number of hydrogen-bond donors (Lipinski definition) is 1. The van der Waals surface area contributed by atoms with Crippen molar-refractivity contribution in [1.29, 1.82) is 0 Å². The summed E-state index contributed by atoms with van der Waals surface area (Å²) in [6.45, 7) is 4.50. The lowest BCUT2D eigenvalue weighted by atomic mass is 10.2. The quantitative estimate of drug-likeness (QED) is 0.887. The molecule has 2 rings (SSSR count). The Morgan fingerprint density at radius 3 is 2.86 bits per heavy atom. The van der Waals surface area contributed by atoms with Crippen LogP contribution in [0.1, 0.15) is 29.9 Å². The third-order valence-electron chi connectivity index (χ3n) is 2.74. The zero-order valence-electron chi connectivity index (χ0n) is 12.0. The summed E-state index contributed by atoms with van der Waals surface area (Å²) in [5.41, 5.74) is 2.10. The van der Waals surface area contributed by atoms with Crippen LogP contribution in [0.2, 0.25) is 0 Å². The largest absolute Gasteiger partial charge is 0.374 e. The first kappa shape index (κ1) is 15.7. The molecule has 5 heteroatoms. The number of ether oxygens (including phenoxy) is 1. The molecule has 1 aromatic carbocycles. The van der Waals surface area contributed by atoms with Crippen molar-refractivity contribution in [2.75, 3.05) is 5.32 Å². The molecule has 0 radical (unpaired) electrons. The normalized spacial score (nSPS) is 10.7. The number of nitrogens with zero attached hydrogens (tertiary/aromatic N) is 1. The second-order valence-electron chi connectivity index (χ2n) is 4.85. The van der Waals surface area contributed by atoms with Gasteiger partial charge in [0, 0.05) is 16.4 Å². The standard InChI is InChI=1S/C16H17BrN2O2/c1-11(2)21-10-12-5-3-6-13(9-12)19-16(20)15-14(17)7-4-8-18-15/h3-9,11H,10H2,1-2H3,(H,19,20). The lowest BCUT2D eigenvalue weighted by molar-refractivity contribution is 0.0657. The van der Waals surface area contributed by atoms with Gasteiger partial charge >= 0.3 is 0 Å². The molecule has 0 unspecified atom stereocenters. The summed E-state index contributed by atoms with van der Waals surface area (Å²) in [6.07, 6.45) is 1.76. The van der Waals surface area contributed by atoms with E-state index in [0.29, 0.717) is 16.8 Å². The maximum absolute atomic E-state index is 12.2. The monoisotopic (exact) mass is 348 g/mol. The molecular weight excluding hydrogens is 332 g/mol. The Morgan fingerprint density at radius 1 is 1.33 bits per heavy atom. The smallest absolute Gasteiger partial charge is 0.275 e. The van der Waals surface area contributed by atoms with E-state index in [2.05, 4.69) is 26.2 Å². The van der Waals surface area contributed by atoms with Gasteiger partial charge < -0.3 is 10.1 Å². The van der Waals surface area contributed by atoms with Gasteiger partial charge in [-0.3, -0.25) is 4.79 Å². The van der Waals surface area contributed by atoms with Crippen LogP contribution < -0.4 is 5.32 Å². The van der Waals surface area contributed by atoms with Crippen LogP contribution in [0.4, 0.5) is 5.69 Å². The van der Waals surface area contributed by atoms with Crippen LogP contribution in [-0.2, 0) is 11.3 Å². The number of carbonyl (C=O) groups is 1. The fourth-order valence-electron chi connectivity index (χ4n) is 1.74. The first-order valence-electron chi connectivity index (χ1n) is 6.68. The number of nitrogens with one attached hydrogen (secondary N) is 1. The highest BCUT2D eigenvalue weighted by Gasteiger charge is 2.11. The minimum atomic E-state index is -0.246. The number of benzene rings is 1. The van der Waals surface area contributed by atoms with Gasteiger partial charge in [-0.1, -0.05) is 12.1 Å². The second-order valence-corrected chi connectivity index (χ2v) is 5.70. The number of pyridine rings is 1. The van der Waals surface area contributed by atoms with Crippen LogP contribution in [0.25, 0.3) is 0 Å². The summed E-state index contributed by atoms with van der Waals surface area (Å²) in [7, 11) is 0. The molecule has 1 aromatic heterocycles. The predicted octanol–water partition coefficient (Wildman–Crippen LogP) is 4.02. The van der Waals surface area contributed by atoms with Crippen LogP contribution in [0, 0.1) is 0 Å². The molecule has 0 fully saturated rings. The molecule has 1 heterocycles. The van der Waals surface area contributed by atoms with Gasteiger partial charge in [0.2, 0.25) is 0 Å². The Hall–Kier alpha value is -1.72. The molecule has 0 spiro atoms. The number of aromatic nitrogens is 1. The van der Waals surface area contributed by atoms with Crippen molar-refractivity contribution in [3.05, 3.63) is 58.3 Å². The summed E-state index contributed by atoms with van der Waals surface area (Å²) in [5, 5.41) is 2.84. The van der Waals surface area contributed by atoms with E-state index in [-0.39, 0.29) is 12.0 Å². The van der Waals surface area contributed by atoms with E-state index in [9.17, 15) is 4.79 Å². The predicted molar refractivity (Wildman–Crippen MR) is 86.3 cm³/mol. The molecule has 2 aromatic rings. The SMILES string of the molecule is CC(C)OCc1cccc(NC(=O)c2ncccc2Br)c1. The van der Waals surface area contributed by atoms with E-state index in [1.807, 2.05) is 38.1 Å². The zero-order valence-corrected chi connectivity index (χ0v) is 13.6. The lowest BCUT2D eigenvalue weighted by Gasteiger charge is -2.10. The average Bonchev–Trinajstić information content (AvgIpc) is 2.46. The van der Waals surface area contributed by atoms with Gasteiger partial charge in [0.1, 0.15) is 5.69 Å². The number of halogens is 1. The molecule has 1 N–H and O–H groups in total. The van der Waals surface area contributed by atoms with E-state index in [1.54, 1.807) is 18.3 Å². The first-order valence-corrected chi connectivity index (χ1v) is 7.48. The van der Waals surface area contributed by atoms with Crippen LogP contribution in [0.5, 0.6) is 0 Å². The van der Waals surface area contributed by atoms with Crippen molar-refractivity contribution in [2.45, 2.75) is 26.6 Å². The second kappa shape index (κ2) is 7.33. The molecule has 0 bridgehead atoms. The number of hydrogen-bond acceptors (Lipinski definition) is 3. The molecule has 0 aliphatic carbocycles. The Kier molecular flexibility index (Phi) is 5.47. The van der Waals surface area contributed by atoms with Crippen molar-refractivity contribution in [2.24, 2.45) is 0 Å². The lowest BCUT2D eigenvalue weighted by Crippen LogP contribution is -2.14. The average molecular weight is 349 g/mol. The molecule has 4 nitrogen and oxygen atoms in total. The van der Waals surface area contributed by atoms with Crippen molar-refractivity contribution in [3.8, 4) is 0 Å². The number of rotatable bonds is 5. The fourth-order valence-corrected chi connectivity index (χ4v) is 2.18. The number of anilines is 1. The maximum atomic E-state index is 12.2. The van der Waals surface area contributed by atoms with E-state index in [1.165, 1.54) is 0 Å². The van der Waals surface area contributed by atoms with Crippen molar-refractivity contribution in [3.63, 3.8) is 0 Å². The molecule has 21 heavy (non-hydrogen) atoms. The van der Waals surface area contributed by atoms with Gasteiger partial charge in [0.15, 0.2) is 0 Å². The fraction of sp³-hybridized carbons (Fsp3) is 0.250. The van der Waals surface area contributed by atoms with Crippen molar-refractivity contribution < 1.29 is 9.53 Å². The molecule has 0 saturated heterocycles. The summed E-state index contributed by atoms with van der Waals surface area (Å²) in [6, 6.07) is 11.2. The molecule has 0 atom stereocenters. The molecule has 1 amide bonds. The Balaban J connectivity index is 2.07. The Morgan fingerprint density at radius 2 is 2.14 bits per heavy atom. The minimum absolute atomic E-state index is 0.174. The molecule has 0 aliphatic heterocycles. The highest BCUT2D eigenvalue weighted by molar-refractivity contribution is 9.10. The Bertz CT molecular complexity index is 629. The molecule has 0 saturated carbocycles. The van der Waals surface area contributed by atoms with Crippen LogP contribution >= 0.6 is 15.9 Å². The van der Waals surface area contributed by atoms with E-state index in [4.69, 9.17) is 4.74 Å². The van der Waals surface area contributed by atoms with Gasteiger partial charge in [0.25, 0.3) is 5.91 Å². The molecular formula is C16H17BrN2O2. The highest BCUT2D eigenvalue weighted by Crippen LogP contribution is 2.17. The van der Waals surface area contributed by atoms with Crippen molar-refractivity contribution in [1.82, 2.24) is 4.98 Å². The van der Waals surface area contributed by atoms with Gasteiger partial charge in [-0.15, -0.1) is 0 Å². The first-order chi connectivity index (χ1) is 10.1. The van der Waals surface area contributed by atoms with E-state index < -0.39 is 0 Å². The van der Waals surface area contributed by atoms with Crippen LogP contribution in [0.15, 0.2) is 47.1 Å². The topological polar surface area (TPSA) is 51.2 Å². The summed E-state index contributed by atoms with van der Waals surface area (Å²) >= 11 is 3.32. The van der Waals surface area contributed by atoms with E-state index >= 15 is 0 Å². The summed E-state index contributed by atoms with van der Waals surface area (Å²) < 4.78 is 6.23. The van der Waals surface area contributed by atoms with Gasteiger partial charge in [0.05, 0.1) is 12.7 Å². The zero-order chi connectivity index (χ0) is 15.2. The third-order valence-corrected chi connectivity index (χ3v) is 3.38. The molecule has 110 valence electrons.